The predicted octanol–water partition coefficient (Wildman–Crippen LogP) is 3.20. The van der Waals surface area contributed by atoms with Crippen LogP contribution in [0.3, 0.4) is 0 Å². The Balaban J connectivity index is 1.83. The van der Waals surface area contributed by atoms with Crippen molar-refractivity contribution < 1.29 is 4.79 Å². The van der Waals surface area contributed by atoms with Crippen LogP contribution in [0.15, 0.2) is 18.2 Å². The highest BCUT2D eigenvalue weighted by atomic mass is 16.1. The van der Waals surface area contributed by atoms with E-state index in [0.717, 1.165) is 5.92 Å². The van der Waals surface area contributed by atoms with Crippen molar-refractivity contribution in [3.8, 4) is 0 Å². The van der Waals surface area contributed by atoms with Gasteiger partial charge in [0, 0.05) is 13.5 Å². The molecular formula is C17H23NO. The quantitative estimate of drug-likeness (QED) is 0.881. The Morgan fingerprint density at radius 2 is 2.00 bits per heavy atom. The van der Waals surface area contributed by atoms with Crippen molar-refractivity contribution in [3.63, 3.8) is 0 Å². The third-order valence-electron chi connectivity index (χ3n) is 4.68. The summed E-state index contributed by atoms with van der Waals surface area (Å²) in [4.78, 5) is 11.7. The first-order valence-corrected chi connectivity index (χ1v) is 7.60. The molecule has 0 heterocycles. The fourth-order valence-corrected chi connectivity index (χ4v) is 3.34. The molecule has 2 nitrogen and oxygen atoms in total. The summed E-state index contributed by atoms with van der Waals surface area (Å²) < 4.78 is 0. The third-order valence-corrected chi connectivity index (χ3v) is 4.68. The van der Waals surface area contributed by atoms with Gasteiger partial charge in [0.25, 0.3) is 0 Å². The lowest BCUT2D eigenvalue weighted by molar-refractivity contribution is -0.121. The second-order valence-electron chi connectivity index (χ2n) is 6.06. The summed E-state index contributed by atoms with van der Waals surface area (Å²) in [6.45, 7) is 0. The van der Waals surface area contributed by atoms with Crippen LogP contribution < -0.4 is 5.32 Å². The lowest BCUT2D eigenvalue weighted by Crippen LogP contribution is -2.21. The molecule has 102 valence electrons. The molecule has 1 fully saturated rings. The smallest absolute Gasteiger partial charge is 0.220 e. The number of aryl methyl sites for hydroxylation is 2. The van der Waals surface area contributed by atoms with Gasteiger partial charge in [0.05, 0.1) is 0 Å². The van der Waals surface area contributed by atoms with Gasteiger partial charge in [-0.3, -0.25) is 4.79 Å². The zero-order valence-corrected chi connectivity index (χ0v) is 11.7. The average Bonchev–Trinajstić information content (AvgIpc) is 3.28. The van der Waals surface area contributed by atoms with E-state index in [0.29, 0.717) is 12.3 Å². The van der Waals surface area contributed by atoms with Gasteiger partial charge in [0.1, 0.15) is 0 Å². The molecule has 0 radical (unpaired) electrons. The normalized spacial score (nSPS) is 19.6. The molecule has 19 heavy (non-hydrogen) atoms. The van der Waals surface area contributed by atoms with Gasteiger partial charge >= 0.3 is 0 Å². The Morgan fingerprint density at radius 1 is 1.26 bits per heavy atom. The number of benzene rings is 1. The van der Waals surface area contributed by atoms with Gasteiger partial charge in [-0.15, -0.1) is 0 Å². The maximum absolute atomic E-state index is 11.7. The lowest BCUT2D eigenvalue weighted by atomic mass is 9.84. The van der Waals surface area contributed by atoms with Crippen molar-refractivity contribution in [1.82, 2.24) is 5.32 Å². The number of carbonyl (C=O) groups excluding carboxylic acids is 1. The summed E-state index contributed by atoms with van der Waals surface area (Å²) >= 11 is 0. The number of rotatable bonds is 4. The molecule has 2 aliphatic carbocycles. The van der Waals surface area contributed by atoms with Gasteiger partial charge < -0.3 is 5.32 Å². The van der Waals surface area contributed by atoms with Crippen LogP contribution in [-0.2, 0) is 17.6 Å². The summed E-state index contributed by atoms with van der Waals surface area (Å²) in [6.07, 6.45) is 8.34. The molecule has 1 aromatic carbocycles. The van der Waals surface area contributed by atoms with Crippen LogP contribution in [0.1, 0.15) is 54.7 Å². The number of amides is 1. The summed E-state index contributed by atoms with van der Waals surface area (Å²) in [5, 5.41) is 2.77. The summed E-state index contributed by atoms with van der Waals surface area (Å²) in [7, 11) is 1.74. The van der Waals surface area contributed by atoms with Crippen molar-refractivity contribution in [3.05, 3.63) is 34.9 Å². The molecule has 2 heteroatoms. The van der Waals surface area contributed by atoms with Gasteiger partial charge in [-0.25, -0.2) is 0 Å². The number of nitrogens with one attached hydrogen (secondary N) is 1. The summed E-state index contributed by atoms with van der Waals surface area (Å²) in [5.41, 5.74) is 4.46. The van der Waals surface area contributed by atoms with Gasteiger partial charge in [-0.1, -0.05) is 18.2 Å². The molecule has 0 aromatic heterocycles. The van der Waals surface area contributed by atoms with Crippen molar-refractivity contribution in [1.29, 1.82) is 0 Å². The molecule has 0 bridgehead atoms. The van der Waals surface area contributed by atoms with Crippen LogP contribution in [0.25, 0.3) is 0 Å². The molecule has 2 aliphatic rings. The maximum Gasteiger partial charge on any atom is 0.220 e. The molecule has 0 spiro atoms. The fraction of sp³-hybridized carbons (Fsp3) is 0.588. The minimum absolute atomic E-state index is 0.176. The number of fused-ring (bicyclic) bond motifs is 1. The molecule has 1 amide bonds. The van der Waals surface area contributed by atoms with E-state index in [-0.39, 0.29) is 5.91 Å². The van der Waals surface area contributed by atoms with Gasteiger partial charge in [0.15, 0.2) is 0 Å². The van der Waals surface area contributed by atoms with Crippen LogP contribution >= 0.6 is 0 Å². The van der Waals surface area contributed by atoms with Gasteiger partial charge in [0.2, 0.25) is 5.91 Å². The zero-order chi connectivity index (χ0) is 13.2. The summed E-state index contributed by atoms with van der Waals surface area (Å²) in [6, 6.07) is 6.97. The highest BCUT2D eigenvalue weighted by Gasteiger charge is 2.33. The molecule has 1 atom stereocenters. The Morgan fingerprint density at radius 3 is 2.68 bits per heavy atom. The average molecular weight is 257 g/mol. The Hall–Kier alpha value is -1.31. The van der Waals surface area contributed by atoms with Crippen LogP contribution in [-0.4, -0.2) is 13.0 Å². The van der Waals surface area contributed by atoms with E-state index in [9.17, 15) is 4.79 Å². The molecule has 1 aromatic rings. The molecular weight excluding hydrogens is 234 g/mol. The first kappa shape index (κ1) is 12.7. The minimum Gasteiger partial charge on any atom is -0.359 e. The monoisotopic (exact) mass is 257 g/mol. The van der Waals surface area contributed by atoms with Gasteiger partial charge in [-0.2, -0.15) is 0 Å². The number of hydrogen-bond acceptors (Lipinski definition) is 1. The van der Waals surface area contributed by atoms with E-state index in [4.69, 9.17) is 0 Å². The maximum atomic E-state index is 11.7. The molecule has 1 saturated carbocycles. The third kappa shape index (κ3) is 2.83. The topological polar surface area (TPSA) is 29.1 Å². The van der Waals surface area contributed by atoms with E-state index >= 15 is 0 Å². The zero-order valence-electron chi connectivity index (χ0n) is 11.7. The Kier molecular flexibility index (Phi) is 3.58. The fourth-order valence-electron chi connectivity index (χ4n) is 3.34. The number of hydrogen-bond donors (Lipinski definition) is 1. The molecule has 0 aliphatic heterocycles. The highest BCUT2D eigenvalue weighted by Crippen LogP contribution is 2.45. The highest BCUT2D eigenvalue weighted by molar-refractivity contribution is 5.76. The van der Waals surface area contributed by atoms with Gasteiger partial charge in [-0.05, 0) is 67.1 Å². The van der Waals surface area contributed by atoms with Crippen molar-refractivity contribution >= 4 is 5.91 Å². The second-order valence-corrected chi connectivity index (χ2v) is 6.06. The molecule has 1 unspecified atom stereocenters. The lowest BCUT2D eigenvalue weighted by Gasteiger charge is -2.21. The largest absolute Gasteiger partial charge is 0.359 e. The van der Waals surface area contributed by atoms with Crippen LogP contribution in [0.4, 0.5) is 0 Å². The van der Waals surface area contributed by atoms with Crippen molar-refractivity contribution in [2.45, 2.75) is 50.9 Å². The standard InChI is InChI=1S/C17H23NO/c1-18-17(19)11-16(13-7-8-13)15-9-6-12-4-2-3-5-14(12)10-15/h6,9-10,13,16H,2-5,7-8,11H2,1H3,(H,18,19). The van der Waals surface area contributed by atoms with Crippen molar-refractivity contribution in [2.24, 2.45) is 5.92 Å². The minimum atomic E-state index is 0.176. The second kappa shape index (κ2) is 5.36. The Labute approximate surface area is 115 Å². The Bertz CT molecular complexity index is 476. The molecule has 3 rings (SSSR count). The summed E-state index contributed by atoms with van der Waals surface area (Å²) in [5.74, 6) is 1.35. The van der Waals surface area contributed by atoms with E-state index in [2.05, 4.69) is 23.5 Å². The molecule has 0 saturated heterocycles. The van der Waals surface area contributed by atoms with Crippen LogP contribution in [0, 0.1) is 5.92 Å². The van der Waals surface area contributed by atoms with E-state index in [1.807, 2.05) is 0 Å². The van der Waals surface area contributed by atoms with Crippen molar-refractivity contribution in [2.75, 3.05) is 7.05 Å². The molecule has 1 N–H and O–H groups in total. The SMILES string of the molecule is CNC(=O)CC(c1ccc2c(c1)CCCC2)C1CC1. The van der Waals surface area contributed by atoms with E-state index in [1.54, 1.807) is 7.05 Å². The van der Waals surface area contributed by atoms with E-state index < -0.39 is 0 Å². The van der Waals surface area contributed by atoms with E-state index in [1.165, 1.54) is 55.2 Å². The van der Waals surface area contributed by atoms with Crippen LogP contribution in [0.5, 0.6) is 0 Å². The number of carbonyl (C=O) groups is 1. The first-order chi connectivity index (χ1) is 9.28. The predicted molar refractivity (Wildman–Crippen MR) is 77.2 cm³/mol. The van der Waals surface area contributed by atoms with Crippen LogP contribution in [0.2, 0.25) is 0 Å². The first-order valence-electron chi connectivity index (χ1n) is 7.60.